The highest BCUT2D eigenvalue weighted by Crippen LogP contribution is 2.19. The molecule has 0 fully saturated rings. The lowest BCUT2D eigenvalue weighted by Crippen LogP contribution is -2.37. The predicted octanol–water partition coefficient (Wildman–Crippen LogP) is 1.48. The quantitative estimate of drug-likeness (QED) is 0.725. The first-order valence-electron chi connectivity index (χ1n) is 8.00. The molecule has 2 aliphatic rings. The van der Waals surface area contributed by atoms with Crippen molar-refractivity contribution < 1.29 is 0 Å². The Morgan fingerprint density at radius 2 is 1.75 bits per heavy atom. The third-order valence-corrected chi connectivity index (χ3v) is 3.94. The number of nitrogens with zero attached hydrogens (tertiary/aromatic N) is 5. The fourth-order valence-electron chi connectivity index (χ4n) is 2.51. The maximum absolute atomic E-state index is 12.4. The lowest BCUT2D eigenvalue weighted by molar-refractivity contribution is 0.571. The van der Waals surface area contributed by atoms with E-state index in [4.69, 9.17) is 0 Å². The molecule has 0 amide bonds. The van der Waals surface area contributed by atoms with Gasteiger partial charge in [0.15, 0.2) is 17.3 Å². The molecule has 3 rings (SSSR count). The van der Waals surface area contributed by atoms with Crippen molar-refractivity contribution in [1.82, 2.24) is 24.3 Å². The van der Waals surface area contributed by atoms with Crippen molar-refractivity contribution in [2.24, 2.45) is 7.05 Å². The first-order chi connectivity index (χ1) is 11.5. The summed E-state index contributed by atoms with van der Waals surface area (Å²) in [5.41, 5.74) is 1.15. The van der Waals surface area contributed by atoms with Crippen molar-refractivity contribution in [3.8, 4) is 22.9 Å². The summed E-state index contributed by atoms with van der Waals surface area (Å²) in [6.45, 7) is 4.64. The summed E-state index contributed by atoms with van der Waals surface area (Å²) >= 11 is 0. The van der Waals surface area contributed by atoms with Crippen LogP contribution >= 0.6 is 0 Å². The van der Waals surface area contributed by atoms with E-state index in [-0.39, 0.29) is 11.5 Å². The second kappa shape index (κ2) is 6.35. The van der Waals surface area contributed by atoms with Crippen LogP contribution in [0.25, 0.3) is 22.9 Å². The van der Waals surface area contributed by atoms with Crippen molar-refractivity contribution >= 4 is 0 Å². The number of aryl methyl sites for hydroxylation is 2. The molecule has 0 radical (unpaired) electrons. The van der Waals surface area contributed by atoms with Crippen molar-refractivity contribution in [3.05, 3.63) is 50.7 Å². The van der Waals surface area contributed by atoms with Gasteiger partial charge in [-0.2, -0.15) is 10.1 Å². The number of benzene rings is 1. The summed E-state index contributed by atoms with van der Waals surface area (Å²) in [5, 5.41) is 4.48. The third kappa shape index (κ3) is 2.73. The molecule has 0 N–H and O–H groups in total. The summed E-state index contributed by atoms with van der Waals surface area (Å²) in [7, 11) is 1.40. The standard InChI is InChI=1S/C17H19N5O2/c1-4-10-22-15-13(16(23)21(3)17(24)19-15)18-14(20-22)12-8-6-11(5-2)7-9-12/h6-9H,4-5,10H2,1-3H3. The van der Waals surface area contributed by atoms with Gasteiger partial charge in [-0.05, 0) is 18.4 Å². The second-order valence-electron chi connectivity index (χ2n) is 5.64. The molecule has 0 saturated carbocycles. The van der Waals surface area contributed by atoms with Gasteiger partial charge >= 0.3 is 5.69 Å². The van der Waals surface area contributed by atoms with Gasteiger partial charge in [0.05, 0.1) is 0 Å². The van der Waals surface area contributed by atoms with Gasteiger partial charge in [0.2, 0.25) is 0 Å². The van der Waals surface area contributed by atoms with Gasteiger partial charge < -0.3 is 0 Å². The van der Waals surface area contributed by atoms with Crippen molar-refractivity contribution in [3.63, 3.8) is 0 Å². The molecule has 7 nitrogen and oxygen atoms in total. The van der Waals surface area contributed by atoms with Crippen LogP contribution in [0, 0.1) is 0 Å². The molecule has 0 aromatic heterocycles. The topological polar surface area (TPSA) is 82.7 Å². The minimum atomic E-state index is -0.596. The van der Waals surface area contributed by atoms with E-state index in [1.807, 2.05) is 31.2 Å². The monoisotopic (exact) mass is 325 g/mol. The highest BCUT2D eigenvalue weighted by Gasteiger charge is 2.20. The van der Waals surface area contributed by atoms with Crippen molar-refractivity contribution in [2.45, 2.75) is 33.2 Å². The van der Waals surface area contributed by atoms with Crippen molar-refractivity contribution in [1.29, 1.82) is 0 Å². The van der Waals surface area contributed by atoms with Gasteiger partial charge in [0, 0.05) is 19.2 Å². The highest BCUT2D eigenvalue weighted by atomic mass is 16.2. The average molecular weight is 325 g/mol. The van der Waals surface area contributed by atoms with E-state index in [1.165, 1.54) is 12.6 Å². The SMILES string of the molecule is CCCn1nc(-c2ccc(CC)cc2)nc2c(=O)n(C)c(=O)nc1-2. The molecule has 0 bridgehead atoms. The fraction of sp³-hybridized carbons (Fsp3) is 0.353. The van der Waals surface area contributed by atoms with Crippen LogP contribution in [0.1, 0.15) is 25.8 Å². The van der Waals surface area contributed by atoms with E-state index >= 15 is 0 Å². The lowest BCUT2D eigenvalue weighted by atomic mass is 10.1. The lowest BCUT2D eigenvalue weighted by Gasteiger charge is -2.14. The molecule has 0 aliphatic carbocycles. The second-order valence-corrected chi connectivity index (χ2v) is 5.64. The third-order valence-electron chi connectivity index (χ3n) is 3.94. The zero-order chi connectivity index (χ0) is 17.3. The van der Waals surface area contributed by atoms with Crippen molar-refractivity contribution in [2.75, 3.05) is 0 Å². The van der Waals surface area contributed by atoms with Gasteiger partial charge in [-0.1, -0.05) is 38.1 Å². The molecular weight excluding hydrogens is 306 g/mol. The van der Waals surface area contributed by atoms with Crippen LogP contribution in [0.15, 0.2) is 33.9 Å². The normalized spacial score (nSPS) is 11.1. The zero-order valence-electron chi connectivity index (χ0n) is 14.0. The van der Waals surface area contributed by atoms with Crippen LogP contribution < -0.4 is 11.2 Å². The maximum Gasteiger partial charge on any atom is 0.352 e. The van der Waals surface area contributed by atoms with E-state index in [0.717, 1.165) is 23.0 Å². The Bertz CT molecular complexity index is 956. The van der Waals surface area contributed by atoms with Gasteiger partial charge in [0.1, 0.15) is 0 Å². The zero-order valence-corrected chi connectivity index (χ0v) is 14.0. The summed E-state index contributed by atoms with van der Waals surface area (Å²) < 4.78 is 2.56. The summed E-state index contributed by atoms with van der Waals surface area (Å²) in [5.74, 6) is 0.690. The molecule has 0 atom stereocenters. The minimum absolute atomic E-state index is 0.162. The first-order valence-corrected chi connectivity index (χ1v) is 8.00. The van der Waals surface area contributed by atoms with E-state index in [1.54, 1.807) is 4.68 Å². The molecule has 0 spiro atoms. The first kappa shape index (κ1) is 16.0. The Hall–Kier alpha value is -2.83. The van der Waals surface area contributed by atoms with Gasteiger partial charge in [-0.25, -0.2) is 14.5 Å². The van der Waals surface area contributed by atoms with Crippen LogP contribution in [0.3, 0.4) is 0 Å². The maximum atomic E-state index is 12.4. The van der Waals surface area contributed by atoms with E-state index < -0.39 is 11.2 Å². The average Bonchev–Trinajstić information content (AvgIpc) is 2.60. The Kier molecular flexibility index (Phi) is 4.24. The molecule has 0 unspecified atom stereocenters. The number of fused-ring (bicyclic) bond motifs is 1. The van der Waals surface area contributed by atoms with Crippen LogP contribution in [0.4, 0.5) is 0 Å². The number of hydrogen-bond acceptors (Lipinski definition) is 5. The summed E-state index contributed by atoms with van der Waals surface area (Å²) in [6, 6.07) is 7.92. The molecule has 1 aromatic carbocycles. The smallest absolute Gasteiger partial charge is 0.267 e. The van der Waals surface area contributed by atoms with Crippen LogP contribution in [-0.4, -0.2) is 24.3 Å². The predicted molar refractivity (Wildman–Crippen MR) is 91.1 cm³/mol. The highest BCUT2D eigenvalue weighted by molar-refractivity contribution is 5.59. The van der Waals surface area contributed by atoms with Crippen LogP contribution in [0.2, 0.25) is 0 Å². The van der Waals surface area contributed by atoms with E-state index in [2.05, 4.69) is 22.0 Å². The van der Waals surface area contributed by atoms with Gasteiger partial charge in [0.25, 0.3) is 5.56 Å². The molecule has 1 aromatic rings. The Balaban J connectivity index is 2.27. The van der Waals surface area contributed by atoms with E-state index in [9.17, 15) is 9.59 Å². The fourth-order valence-corrected chi connectivity index (χ4v) is 2.51. The summed E-state index contributed by atoms with van der Waals surface area (Å²) in [6.07, 6.45) is 1.75. The molecular formula is C17H19N5O2. The summed E-state index contributed by atoms with van der Waals surface area (Å²) in [4.78, 5) is 32.6. The number of rotatable bonds is 4. The number of aromatic nitrogens is 5. The molecule has 0 saturated heterocycles. The molecule has 24 heavy (non-hydrogen) atoms. The minimum Gasteiger partial charge on any atom is -0.267 e. The van der Waals surface area contributed by atoms with E-state index in [0.29, 0.717) is 12.4 Å². The van der Waals surface area contributed by atoms with Gasteiger partial charge in [-0.3, -0.25) is 9.36 Å². The molecule has 7 heteroatoms. The number of hydrogen-bond donors (Lipinski definition) is 0. The van der Waals surface area contributed by atoms with Crippen LogP contribution in [0.5, 0.6) is 0 Å². The van der Waals surface area contributed by atoms with Gasteiger partial charge in [-0.15, -0.1) is 0 Å². The Morgan fingerprint density at radius 3 is 2.38 bits per heavy atom. The molecule has 124 valence electrons. The molecule has 2 aliphatic heterocycles. The molecule has 2 heterocycles. The van der Waals surface area contributed by atoms with Crippen LogP contribution in [-0.2, 0) is 20.0 Å². The Labute approximate surface area is 139 Å². The largest absolute Gasteiger partial charge is 0.352 e. The Morgan fingerprint density at radius 1 is 1.04 bits per heavy atom.